The highest BCUT2D eigenvalue weighted by molar-refractivity contribution is 5.97. The van der Waals surface area contributed by atoms with Crippen molar-refractivity contribution < 1.29 is 9.63 Å². The largest absolute Gasteiger partial charge is 0.350 e. The van der Waals surface area contributed by atoms with Gasteiger partial charge in [0.25, 0.3) is 5.91 Å². The number of H-pyrrole nitrogens is 1. The summed E-state index contributed by atoms with van der Waals surface area (Å²) in [6.45, 7) is 3.34. The number of fused-ring (bicyclic) bond motifs is 1. The zero-order chi connectivity index (χ0) is 11.8. The van der Waals surface area contributed by atoms with Crippen molar-refractivity contribution in [3.8, 4) is 0 Å². The van der Waals surface area contributed by atoms with Gasteiger partial charge in [0.15, 0.2) is 0 Å². The van der Waals surface area contributed by atoms with Crippen LogP contribution in [0.2, 0.25) is 0 Å². The Bertz CT molecular complexity index is 568. The van der Waals surface area contributed by atoms with Crippen molar-refractivity contribution in [3.05, 3.63) is 35.5 Å². The minimum absolute atomic E-state index is 0.0867. The van der Waals surface area contributed by atoms with E-state index < -0.39 is 0 Å². The van der Waals surface area contributed by atoms with Crippen molar-refractivity contribution in [1.29, 1.82) is 0 Å². The van der Waals surface area contributed by atoms with E-state index >= 15 is 0 Å². The smallest absolute Gasteiger partial charge is 0.293 e. The fourth-order valence-corrected chi connectivity index (χ4v) is 2.10. The molecule has 4 nitrogen and oxygen atoms in total. The van der Waals surface area contributed by atoms with Gasteiger partial charge in [-0.1, -0.05) is 12.1 Å². The molecule has 1 aliphatic heterocycles. The van der Waals surface area contributed by atoms with Crippen LogP contribution >= 0.6 is 0 Å². The molecule has 0 atom stereocenters. The molecule has 2 heterocycles. The van der Waals surface area contributed by atoms with E-state index in [0.717, 1.165) is 17.3 Å². The molecule has 0 bridgehead atoms. The standard InChI is InChI=1S/C13H14N2O2/c1-9-3-4-10-8-12(14-11(10)7-9)13(16)15-5-2-6-17-15/h3-4,7-8,14H,2,5-6H2,1H3. The number of benzene rings is 1. The van der Waals surface area contributed by atoms with Crippen molar-refractivity contribution in [2.75, 3.05) is 13.2 Å². The first-order chi connectivity index (χ1) is 8.24. The Balaban J connectivity index is 1.97. The van der Waals surface area contributed by atoms with Crippen molar-refractivity contribution >= 4 is 16.8 Å². The van der Waals surface area contributed by atoms with E-state index in [2.05, 4.69) is 4.98 Å². The first-order valence-corrected chi connectivity index (χ1v) is 5.78. The number of hydrogen-bond acceptors (Lipinski definition) is 2. The van der Waals surface area contributed by atoms with Gasteiger partial charge in [0.05, 0.1) is 13.2 Å². The first kappa shape index (κ1) is 10.4. The van der Waals surface area contributed by atoms with E-state index in [9.17, 15) is 4.79 Å². The molecule has 1 aliphatic rings. The predicted octanol–water partition coefficient (Wildman–Crippen LogP) is 2.25. The van der Waals surface area contributed by atoms with Crippen LogP contribution in [0.25, 0.3) is 10.9 Å². The van der Waals surface area contributed by atoms with Crippen LogP contribution in [0.15, 0.2) is 24.3 Å². The van der Waals surface area contributed by atoms with E-state index in [0.29, 0.717) is 18.8 Å². The maximum Gasteiger partial charge on any atom is 0.293 e. The van der Waals surface area contributed by atoms with E-state index in [1.54, 1.807) is 0 Å². The van der Waals surface area contributed by atoms with Crippen molar-refractivity contribution in [2.24, 2.45) is 0 Å². The number of aryl methyl sites for hydroxylation is 1. The highest BCUT2D eigenvalue weighted by atomic mass is 16.7. The fourth-order valence-electron chi connectivity index (χ4n) is 2.10. The minimum Gasteiger partial charge on any atom is -0.350 e. The van der Waals surface area contributed by atoms with Gasteiger partial charge in [-0.15, -0.1) is 0 Å². The molecule has 88 valence electrons. The third kappa shape index (κ3) is 1.80. The Morgan fingerprint density at radius 2 is 2.29 bits per heavy atom. The molecular weight excluding hydrogens is 216 g/mol. The Labute approximate surface area is 99.1 Å². The number of aromatic amines is 1. The first-order valence-electron chi connectivity index (χ1n) is 5.78. The Morgan fingerprint density at radius 1 is 1.41 bits per heavy atom. The molecule has 1 fully saturated rings. The maximum atomic E-state index is 12.1. The van der Waals surface area contributed by atoms with E-state index in [4.69, 9.17) is 4.84 Å². The van der Waals surface area contributed by atoms with Crippen LogP contribution in [0.4, 0.5) is 0 Å². The third-order valence-electron chi connectivity index (χ3n) is 2.99. The number of carbonyl (C=O) groups excluding carboxylic acids is 1. The van der Waals surface area contributed by atoms with Gasteiger partial charge in [-0.2, -0.15) is 0 Å². The zero-order valence-corrected chi connectivity index (χ0v) is 9.69. The van der Waals surface area contributed by atoms with E-state index in [1.807, 2.05) is 31.2 Å². The molecule has 4 heteroatoms. The summed E-state index contributed by atoms with van der Waals surface area (Å²) >= 11 is 0. The molecule has 1 N–H and O–H groups in total. The number of amides is 1. The van der Waals surface area contributed by atoms with Gasteiger partial charge in [-0.3, -0.25) is 9.63 Å². The second-order valence-electron chi connectivity index (χ2n) is 4.37. The van der Waals surface area contributed by atoms with Crippen molar-refractivity contribution in [1.82, 2.24) is 10.0 Å². The Morgan fingerprint density at radius 3 is 3.06 bits per heavy atom. The number of hydrogen-bond donors (Lipinski definition) is 1. The summed E-state index contributed by atoms with van der Waals surface area (Å²) in [6.07, 6.45) is 0.908. The summed E-state index contributed by atoms with van der Waals surface area (Å²) in [6, 6.07) is 7.97. The van der Waals surface area contributed by atoms with Gasteiger partial charge < -0.3 is 4.98 Å². The number of carbonyl (C=O) groups is 1. The maximum absolute atomic E-state index is 12.1. The van der Waals surface area contributed by atoms with Gasteiger partial charge in [0.2, 0.25) is 0 Å². The van der Waals surface area contributed by atoms with Gasteiger partial charge >= 0.3 is 0 Å². The molecule has 1 saturated heterocycles. The Kier molecular flexibility index (Phi) is 2.37. The van der Waals surface area contributed by atoms with Crippen LogP contribution in [0.3, 0.4) is 0 Å². The number of rotatable bonds is 1. The summed E-state index contributed by atoms with van der Waals surface area (Å²) in [5.74, 6) is -0.0867. The van der Waals surface area contributed by atoms with Gasteiger partial charge in [-0.25, -0.2) is 5.06 Å². The number of hydroxylamine groups is 2. The third-order valence-corrected chi connectivity index (χ3v) is 2.99. The quantitative estimate of drug-likeness (QED) is 0.816. The molecular formula is C13H14N2O2. The summed E-state index contributed by atoms with van der Waals surface area (Å²) in [5, 5.41) is 2.48. The average molecular weight is 230 g/mol. The van der Waals surface area contributed by atoms with Gasteiger partial charge in [0.1, 0.15) is 5.69 Å². The van der Waals surface area contributed by atoms with E-state index in [-0.39, 0.29) is 5.91 Å². The minimum atomic E-state index is -0.0867. The number of nitrogens with one attached hydrogen (secondary N) is 1. The normalized spacial score (nSPS) is 15.7. The summed E-state index contributed by atoms with van der Waals surface area (Å²) < 4.78 is 0. The molecule has 1 aromatic heterocycles. The fraction of sp³-hybridized carbons (Fsp3) is 0.308. The average Bonchev–Trinajstić information content (AvgIpc) is 2.96. The monoisotopic (exact) mass is 230 g/mol. The van der Waals surface area contributed by atoms with Crippen LogP contribution in [-0.4, -0.2) is 29.1 Å². The zero-order valence-electron chi connectivity index (χ0n) is 9.69. The lowest BCUT2D eigenvalue weighted by Gasteiger charge is -2.11. The summed E-state index contributed by atoms with van der Waals surface area (Å²) in [7, 11) is 0. The highest BCUT2D eigenvalue weighted by Gasteiger charge is 2.22. The second kappa shape index (κ2) is 3.89. The number of nitrogens with zero attached hydrogens (tertiary/aromatic N) is 1. The van der Waals surface area contributed by atoms with Crippen LogP contribution in [0.5, 0.6) is 0 Å². The predicted molar refractivity (Wildman–Crippen MR) is 64.6 cm³/mol. The van der Waals surface area contributed by atoms with Crippen LogP contribution in [0, 0.1) is 6.92 Å². The van der Waals surface area contributed by atoms with Crippen molar-refractivity contribution in [3.63, 3.8) is 0 Å². The lowest BCUT2D eigenvalue weighted by molar-refractivity contribution is -0.0771. The van der Waals surface area contributed by atoms with Crippen molar-refractivity contribution in [2.45, 2.75) is 13.3 Å². The molecule has 0 saturated carbocycles. The summed E-state index contributed by atoms with van der Waals surface area (Å²) in [5.41, 5.74) is 2.76. The van der Waals surface area contributed by atoms with Gasteiger partial charge in [0, 0.05) is 10.9 Å². The molecule has 2 aromatic rings. The molecule has 0 radical (unpaired) electrons. The molecule has 0 aliphatic carbocycles. The lowest BCUT2D eigenvalue weighted by atomic mass is 10.2. The molecule has 17 heavy (non-hydrogen) atoms. The second-order valence-corrected chi connectivity index (χ2v) is 4.37. The topological polar surface area (TPSA) is 45.3 Å². The SMILES string of the molecule is Cc1ccc2cc(C(=O)N3CCCO3)[nH]c2c1. The van der Waals surface area contributed by atoms with Crippen LogP contribution in [-0.2, 0) is 4.84 Å². The van der Waals surface area contributed by atoms with E-state index in [1.165, 1.54) is 10.6 Å². The van der Waals surface area contributed by atoms with Gasteiger partial charge in [-0.05, 0) is 31.0 Å². The lowest BCUT2D eigenvalue weighted by Crippen LogP contribution is -2.26. The summed E-state index contributed by atoms with van der Waals surface area (Å²) in [4.78, 5) is 20.5. The molecule has 3 rings (SSSR count). The van der Waals surface area contributed by atoms with Crippen LogP contribution < -0.4 is 0 Å². The highest BCUT2D eigenvalue weighted by Crippen LogP contribution is 2.19. The number of aromatic nitrogens is 1. The Hall–Kier alpha value is -1.81. The van der Waals surface area contributed by atoms with Crippen LogP contribution in [0.1, 0.15) is 22.5 Å². The molecule has 1 aromatic carbocycles. The molecule has 0 spiro atoms. The molecule has 1 amide bonds. The molecule has 0 unspecified atom stereocenters.